The first-order chi connectivity index (χ1) is 17.6. The summed E-state index contributed by atoms with van der Waals surface area (Å²) in [6.45, 7) is 4.66. The van der Waals surface area contributed by atoms with Crippen molar-refractivity contribution in [3.05, 3.63) is 119 Å². The summed E-state index contributed by atoms with van der Waals surface area (Å²) >= 11 is 0. The quantitative estimate of drug-likeness (QED) is 0.279. The molecule has 0 atom stereocenters. The highest BCUT2D eigenvalue weighted by molar-refractivity contribution is 6.10. The molecular weight excluding hydrogens is 444 g/mol. The molecular formula is C31H26N4O. The highest BCUT2D eigenvalue weighted by Crippen LogP contribution is 2.35. The fourth-order valence-corrected chi connectivity index (χ4v) is 4.78. The summed E-state index contributed by atoms with van der Waals surface area (Å²) < 4.78 is 0. The molecule has 0 saturated heterocycles. The van der Waals surface area contributed by atoms with Crippen LogP contribution in [0.1, 0.15) is 27.2 Å². The van der Waals surface area contributed by atoms with Crippen LogP contribution in [0.5, 0.6) is 0 Å². The Balaban J connectivity index is 1.28. The Morgan fingerprint density at radius 3 is 2.36 bits per heavy atom. The minimum atomic E-state index is 0.0230. The predicted molar refractivity (Wildman–Crippen MR) is 148 cm³/mol. The highest BCUT2D eigenvalue weighted by atomic mass is 16.2. The summed E-state index contributed by atoms with van der Waals surface area (Å²) in [4.78, 5) is 19.8. The Morgan fingerprint density at radius 2 is 1.50 bits per heavy atom. The average Bonchev–Trinajstić information content (AvgIpc) is 3.23. The van der Waals surface area contributed by atoms with Gasteiger partial charge in [-0.3, -0.25) is 9.78 Å². The lowest BCUT2D eigenvalue weighted by molar-refractivity contribution is 0.0996. The summed E-state index contributed by atoms with van der Waals surface area (Å²) in [6.07, 6.45) is 0. The molecule has 0 aliphatic carbocycles. The molecule has 0 radical (unpaired) electrons. The number of carbonyl (C=O) groups excluding carboxylic acids is 1. The van der Waals surface area contributed by atoms with Crippen molar-refractivity contribution in [1.29, 1.82) is 0 Å². The Morgan fingerprint density at radius 1 is 0.750 bits per heavy atom. The number of nitrogens with zero attached hydrogens (tertiary/aromatic N) is 2. The van der Waals surface area contributed by atoms with Gasteiger partial charge in [0.1, 0.15) is 0 Å². The number of amides is 1. The minimum Gasteiger partial charge on any atom is -0.355 e. The van der Waals surface area contributed by atoms with E-state index in [1.165, 1.54) is 0 Å². The van der Waals surface area contributed by atoms with Crippen LogP contribution in [0, 0.1) is 13.8 Å². The Kier molecular flexibility index (Phi) is 5.38. The number of para-hydroxylation sites is 2. The molecule has 176 valence electrons. The van der Waals surface area contributed by atoms with Gasteiger partial charge < -0.3 is 15.5 Å². The van der Waals surface area contributed by atoms with Gasteiger partial charge in [0.25, 0.3) is 5.91 Å². The molecule has 1 aliphatic rings. The van der Waals surface area contributed by atoms with E-state index < -0.39 is 0 Å². The smallest absolute Gasteiger partial charge is 0.258 e. The third-order valence-corrected chi connectivity index (χ3v) is 6.78. The van der Waals surface area contributed by atoms with Crippen LogP contribution < -0.4 is 15.5 Å². The number of aromatic nitrogens is 1. The Bertz CT molecular complexity index is 1610. The zero-order valence-electron chi connectivity index (χ0n) is 20.2. The standard InChI is InChI=1S/C31H26N4O/c1-20-21(2)32-29-14-7-6-13-28(29)30(20)34-25-15-16-27-22(17-25)19-35(31(27)36)26-12-8-11-24(18-26)33-23-9-4-3-5-10-23/h3-18,33H,19H2,1-2H3,(H,32,34). The molecule has 1 amide bonds. The molecule has 1 aliphatic heterocycles. The van der Waals surface area contributed by atoms with Gasteiger partial charge in [-0.1, -0.05) is 42.5 Å². The Labute approximate surface area is 210 Å². The van der Waals surface area contributed by atoms with Gasteiger partial charge in [-0.2, -0.15) is 0 Å². The minimum absolute atomic E-state index is 0.0230. The number of fused-ring (bicyclic) bond motifs is 2. The van der Waals surface area contributed by atoms with Crippen molar-refractivity contribution in [3.8, 4) is 0 Å². The maximum absolute atomic E-state index is 13.3. The number of rotatable bonds is 5. The van der Waals surface area contributed by atoms with E-state index in [1.807, 2.05) is 96.8 Å². The van der Waals surface area contributed by atoms with Crippen LogP contribution in [-0.4, -0.2) is 10.9 Å². The fraction of sp³-hybridized carbons (Fsp3) is 0.0968. The molecule has 0 bridgehead atoms. The van der Waals surface area contributed by atoms with Gasteiger partial charge in [-0.15, -0.1) is 0 Å². The molecule has 5 heteroatoms. The average molecular weight is 471 g/mol. The normalized spacial score (nSPS) is 12.6. The van der Waals surface area contributed by atoms with Gasteiger partial charge in [-0.25, -0.2) is 0 Å². The molecule has 2 N–H and O–H groups in total. The molecule has 5 nitrogen and oxygen atoms in total. The van der Waals surface area contributed by atoms with E-state index in [0.29, 0.717) is 6.54 Å². The van der Waals surface area contributed by atoms with E-state index in [4.69, 9.17) is 4.98 Å². The molecule has 0 spiro atoms. The lowest BCUT2D eigenvalue weighted by Crippen LogP contribution is -2.22. The molecule has 0 saturated carbocycles. The third kappa shape index (κ3) is 3.95. The lowest BCUT2D eigenvalue weighted by Gasteiger charge is -2.17. The first-order valence-corrected chi connectivity index (χ1v) is 12.1. The van der Waals surface area contributed by atoms with Crippen LogP contribution in [0.2, 0.25) is 0 Å². The maximum atomic E-state index is 13.3. The van der Waals surface area contributed by atoms with Gasteiger partial charge >= 0.3 is 0 Å². The van der Waals surface area contributed by atoms with Gasteiger partial charge in [0.15, 0.2) is 0 Å². The van der Waals surface area contributed by atoms with Gasteiger partial charge in [0, 0.05) is 39.4 Å². The Hall–Kier alpha value is -4.64. The number of pyridine rings is 1. The van der Waals surface area contributed by atoms with E-state index >= 15 is 0 Å². The van der Waals surface area contributed by atoms with E-state index in [0.717, 1.165) is 61.7 Å². The second-order valence-electron chi connectivity index (χ2n) is 9.14. The number of nitrogens with one attached hydrogen (secondary N) is 2. The summed E-state index contributed by atoms with van der Waals surface area (Å²) in [5.74, 6) is 0.0230. The number of aryl methyl sites for hydroxylation is 1. The number of hydrogen-bond acceptors (Lipinski definition) is 4. The van der Waals surface area contributed by atoms with Crippen molar-refractivity contribution in [2.45, 2.75) is 20.4 Å². The zero-order valence-corrected chi connectivity index (χ0v) is 20.2. The molecule has 4 aromatic carbocycles. The molecule has 36 heavy (non-hydrogen) atoms. The second-order valence-corrected chi connectivity index (χ2v) is 9.14. The highest BCUT2D eigenvalue weighted by Gasteiger charge is 2.29. The largest absolute Gasteiger partial charge is 0.355 e. The third-order valence-electron chi connectivity index (χ3n) is 6.78. The van der Waals surface area contributed by atoms with Crippen molar-refractivity contribution in [2.75, 3.05) is 15.5 Å². The van der Waals surface area contributed by atoms with Crippen LogP contribution in [0.3, 0.4) is 0 Å². The summed E-state index contributed by atoms with van der Waals surface area (Å²) in [5.41, 5.74) is 9.69. The lowest BCUT2D eigenvalue weighted by atomic mass is 10.1. The van der Waals surface area contributed by atoms with E-state index in [9.17, 15) is 4.79 Å². The van der Waals surface area contributed by atoms with Gasteiger partial charge in [0.2, 0.25) is 0 Å². The van der Waals surface area contributed by atoms with Crippen LogP contribution in [0.15, 0.2) is 97.1 Å². The van der Waals surface area contributed by atoms with Crippen molar-refractivity contribution in [2.24, 2.45) is 0 Å². The monoisotopic (exact) mass is 470 g/mol. The van der Waals surface area contributed by atoms with Crippen molar-refractivity contribution in [1.82, 2.24) is 4.98 Å². The van der Waals surface area contributed by atoms with E-state index in [-0.39, 0.29) is 5.91 Å². The summed E-state index contributed by atoms with van der Waals surface area (Å²) in [5, 5.41) is 8.11. The molecule has 1 aromatic heterocycles. The first-order valence-electron chi connectivity index (χ1n) is 12.1. The van der Waals surface area contributed by atoms with Crippen LogP contribution in [0.25, 0.3) is 10.9 Å². The summed E-state index contributed by atoms with van der Waals surface area (Å²) in [6, 6.07) is 32.2. The molecule has 2 heterocycles. The molecule has 5 aromatic rings. The maximum Gasteiger partial charge on any atom is 0.258 e. The fourth-order valence-electron chi connectivity index (χ4n) is 4.78. The van der Waals surface area contributed by atoms with Gasteiger partial charge in [0.05, 0.1) is 17.7 Å². The zero-order chi connectivity index (χ0) is 24.6. The topological polar surface area (TPSA) is 57.3 Å². The summed E-state index contributed by atoms with van der Waals surface area (Å²) in [7, 11) is 0. The van der Waals surface area contributed by atoms with Crippen LogP contribution in [0.4, 0.5) is 28.4 Å². The van der Waals surface area contributed by atoms with Crippen molar-refractivity contribution in [3.63, 3.8) is 0 Å². The predicted octanol–water partition coefficient (Wildman–Crippen LogP) is 7.50. The molecule has 6 rings (SSSR count). The van der Waals surface area contributed by atoms with E-state index in [1.54, 1.807) is 0 Å². The number of benzene rings is 4. The van der Waals surface area contributed by atoms with E-state index in [2.05, 4.69) is 29.7 Å². The number of anilines is 5. The van der Waals surface area contributed by atoms with Crippen molar-refractivity contribution >= 4 is 45.2 Å². The second kappa shape index (κ2) is 8.86. The molecule has 0 unspecified atom stereocenters. The van der Waals surface area contributed by atoms with Crippen LogP contribution >= 0.6 is 0 Å². The number of hydrogen-bond donors (Lipinski definition) is 2. The number of carbonyl (C=O) groups is 1. The van der Waals surface area contributed by atoms with Crippen molar-refractivity contribution < 1.29 is 4.79 Å². The van der Waals surface area contributed by atoms with Crippen LogP contribution in [-0.2, 0) is 6.54 Å². The van der Waals surface area contributed by atoms with Gasteiger partial charge in [-0.05, 0) is 79.6 Å². The SMILES string of the molecule is Cc1nc2ccccc2c(Nc2ccc3c(c2)CN(c2cccc(Nc4ccccc4)c2)C3=O)c1C. The molecule has 0 fully saturated rings. The first kappa shape index (κ1) is 21.9.